The number of alkyl halides is 3. The molecule has 26 heavy (non-hydrogen) atoms. The van der Waals surface area contributed by atoms with E-state index in [1.54, 1.807) is 0 Å². The first kappa shape index (κ1) is 17.5. The van der Waals surface area contributed by atoms with Gasteiger partial charge in [-0.1, -0.05) is 30.3 Å². The Morgan fingerprint density at radius 1 is 1.23 bits per heavy atom. The SMILES string of the molecule is O=S(=O)(CC1CC1C(F)(F)F)N1CCc2nc(-c3ccccc3)[nH]c2C1. The summed E-state index contributed by atoms with van der Waals surface area (Å²) < 4.78 is 64.3. The smallest absolute Gasteiger partial charge is 0.341 e. The fraction of sp³-hybridized carbons (Fsp3) is 0.471. The number of hydrogen-bond acceptors (Lipinski definition) is 3. The lowest BCUT2D eigenvalue weighted by atomic mass is 10.2. The van der Waals surface area contributed by atoms with Crippen molar-refractivity contribution in [3.63, 3.8) is 0 Å². The summed E-state index contributed by atoms with van der Waals surface area (Å²) in [7, 11) is -3.73. The second kappa shape index (κ2) is 6.09. The van der Waals surface area contributed by atoms with E-state index in [1.165, 1.54) is 4.31 Å². The Bertz CT molecular complexity index is 909. The van der Waals surface area contributed by atoms with Crippen LogP contribution in [0.5, 0.6) is 0 Å². The van der Waals surface area contributed by atoms with Crippen LogP contribution in [0.4, 0.5) is 13.2 Å². The molecule has 2 aliphatic rings. The predicted octanol–water partition coefficient (Wildman–Crippen LogP) is 2.96. The minimum absolute atomic E-state index is 0.0932. The molecular formula is C17H18F3N3O2S. The van der Waals surface area contributed by atoms with E-state index in [4.69, 9.17) is 0 Å². The van der Waals surface area contributed by atoms with E-state index in [9.17, 15) is 21.6 Å². The van der Waals surface area contributed by atoms with Gasteiger partial charge in [0.05, 0.1) is 29.6 Å². The molecule has 9 heteroatoms. The summed E-state index contributed by atoms with van der Waals surface area (Å²) in [5.41, 5.74) is 2.43. The number of imidazole rings is 1. The van der Waals surface area contributed by atoms with Crippen molar-refractivity contribution in [2.45, 2.75) is 25.6 Å². The molecule has 1 saturated carbocycles. The summed E-state index contributed by atoms with van der Waals surface area (Å²) in [5.74, 6) is -2.06. The summed E-state index contributed by atoms with van der Waals surface area (Å²) in [6.45, 7) is 0.374. The zero-order valence-electron chi connectivity index (χ0n) is 13.8. The van der Waals surface area contributed by atoms with Gasteiger partial charge in [-0.3, -0.25) is 0 Å². The van der Waals surface area contributed by atoms with E-state index in [2.05, 4.69) is 9.97 Å². The predicted molar refractivity (Wildman–Crippen MR) is 89.6 cm³/mol. The van der Waals surface area contributed by atoms with Crippen LogP contribution in [0, 0.1) is 11.8 Å². The lowest BCUT2D eigenvalue weighted by Gasteiger charge is -2.25. The molecule has 1 aliphatic heterocycles. The number of halogens is 3. The molecule has 4 rings (SSSR count). The first-order valence-electron chi connectivity index (χ1n) is 8.42. The first-order chi connectivity index (χ1) is 12.2. The number of aromatic nitrogens is 2. The van der Waals surface area contributed by atoms with Gasteiger partial charge < -0.3 is 4.98 Å². The molecule has 1 N–H and O–H groups in total. The maximum absolute atomic E-state index is 12.6. The largest absolute Gasteiger partial charge is 0.392 e. The average Bonchev–Trinajstić information content (AvgIpc) is 3.22. The molecule has 2 unspecified atom stereocenters. The number of fused-ring (bicyclic) bond motifs is 1. The van der Waals surface area contributed by atoms with Gasteiger partial charge in [0.25, 0.3) is 0 Å². The second-order valence-corrected chi connectivity index (χ2v) is 8.90. The molecule has 2 heterocycles. The van der Waals surface area contributed by atoms with E-state index in [-0.39, 0.29) is 19.5 Å². The van der Waals surface area contributed by atoms with Gasteiger partial charge in [0.1, 0.15) is 5.82 Å². The highest BCUT2D eigenvalue weighted by Crippen LogP contribution is 2.50. The van der Waals surface area contributed by atoms with Crippen LogP contribution >= 0.6 is 0 Å². The van der Waals surface area contributed by atoms with Gasteiger partial charge in [-0.05, 0) is 12.3 Å². The Balaban J connectivity index is 1.47. The zero-order chi connectivity index (χ0) is 18.5. The normalized spacial score (nSPS) is 23.7. The molecule has 0 bridgehead atoms. The third-order valence-corrected chi connectivity index (χ3v) is 6.95. The van der Waals surface area contributed by atoms with Crippen molar-refractivity contribution in [1.82, 2.24) is 14.3 Å². The number of nitrogens with zero attached hydrogens (tertiary/aromatic N) is 2. The number of benzene rings is 1. The molecule has 1 fully saturated rings. The standard InChI is InChI=1S/C17H18F3N3O2S/c18-17(19,20)13-8-12(13)10-26(24,25)23-7-6-14-15(9-23)22-16(21-14)11-4-2-1-3-5-11/h1-5,12-13H,6-10H2,(H,21,22). The van der Waals surface area contributed by atoms with Crippen LogP contribution in [0.3, 0.4) is 0 Å². The quantitative estimate of drug-likeness (QED) is 0.880. The Hall–Kier alpha value is -1.87. The molecular weight excluding hydrogens is 367 g/mol. The third-order valence-electron chi connectivity index (χ3n) is 5.01. The fourth-order valence-electron chi connectivity index (χ4n) is 3.45. The van der Waals surface area contributed by atoms with Crippen LogP contribution < -0.4 is 0 Å². The van der Waals surface area contributed by atoms with Gasteiger partial charge in [0.2, 0.25) is 10.0 Å². The third kappa shape index (κ3) is 3.37. The van der Waals surface area contributed by atoms with Crippen molar-refractivity contribution in [1.29, 1.82) is 0 Å². The maximum atomic E-state index is 12.6. The molecule has 1 aliphatic carbocycles. The summed E-state index contributed by atoms with van der Waals surface area (Å²) >= 11 is 0. The van der Waals surface area contributed by atoms with Crippen molar-refractivity contribution in [2.24, 2.45) is 11.8 Å². The Kier molecular flexibility index (Phi) is 4.11. The number of nitrogens with one attached hydrogen (secondary N) is 1. The topological polar surface area (TPSA) is 66.1 Å². The number of H-pyrrole nitrogens is 1. The van der Waals surface area contributed by atoms with Crippen molar-refractivity contribution in [3.8, 4) is 11.4 Å². The van der Waals surface area contributed by atoms with Crippen LogP contribution in [0.15, 0.2) is 30.3 Å². The number of rotatable bonds is 4. The molecule has 0 spiro atoms. The number of hydrogen-bond donors (Lipinski definition) is 1. The van der Waals surface area contributed by atoms with Gasteiger partial charge in [0.15, 0.2) is 0 Å². The highest BCUT2D eigenvalue weighted by molar-refractivity contribution is 7.89. The van der Waals surface area contributed by atoms with Crippen LogP contribution in [0.2, 0.25) is 0 Å². The van der Waals surface area contributed by atoms with E-state index in [1.807, 2.05) is 30.3 Å². The van der Waals surface area contributed by atoms with Gasteiger partial charge >= 0.3 is 6.18 Å². The molecule has 0 radical (unpaired) electrons. The molecule has 1 aromatic heterocycles. The Morgan fingerprint density at radius 2 is 1.96 bits per heavy atom. The molecule has 2 atom stereocenters. The summed E-state index contributed by atoms with van der Waals surface area (Å²) in [6, 6.07) is 9.49. The highest BCUT2D eigenvalue weighted by Gasteiger charge is 2.57. The second-order valence-electron chi connectivity index (χ2n) is 6.88. The maximum Gasteiger partial charge on any atom is 0.392 e. The summed E-state index contributed by atoms with van der Waals surface area (Å²) in [4.78, 5) is 7.69. The summed E-state index contributed by atoms with van der Waals surface area (Å²) in [5, 5.41) is 0. The van der Waals surface area contributed by atoms with Crippen LogP contribution in [0.1, 0.15) is 17.8 Å². The molecule has 0 saturated heterocycles. The van der Waals surface area contributed by atoms with Crippen molar-refractivity contribution >= 4 is 10.0 Å². The van der Waals surface area contributed by atoms with Crippen molar-refractivity contribution in [3.05, 3.63) is 41.7 Å². The van der Waals surface area contributed by atoms with E-state index < -0.39 is 33.8 Å². The molecule has 1 aromatic carbocycles. The Labute approximate surface area is 149 Å². The lowest BCUT2D eigenvalue weighted by Crippen LogP contribution is -2.38. The first-order valence-corrected chi connectivity index (χ1v) is 10.0. The molecule has 0 amide bonds. The lowest BCUT2D eigenvalue weighted by molar-refractivity contribution is -0.150. The van der Waals surface area contributed by atoms with Crippen molar-refractivity contribution in [2.75, 3.05) is 12.3 Å². The van der Waals surface area contributed by atoms with Crippen LogP contribution in [-0.2, 0) is 23.0 Å². The van der Waals surface area contributed by atoms with E-state index in [0.29, 0.717) is 17.9 Å². The van der Waals surface area contributed by atoms with Crippen LogP contribution in [0.25, 0.3) is 11.4 Å². The molecule has 5 nitrogen and oxygen atoms in total. The van der Waals surface area contributed by atoms with Gasteiger partial charge in [-0.15, -0.1) is 0 Å². The number of sulfonamides is 1. The molecule has 140 valence electrons. The van der Waals surface area contributed by atoms with Gasteiger partial charge in [-0.25, -0.2) is 13.4 Å². The van der Waals surface area contributed by atoms with Crippen molar-refractivity contribution < 1.29 is 21.6 Å². The van der Waals surface area contributed by atoms with E-state index in [0.717, 1.165) is 11.3 Å². The Morgan fingerprint density at radius 3 is 2.62 bits per heavy atom. The van der Waals surface area contributed by atoms with Crippen LogP contribution in [-0.4, -0.2) is 41.2 Å². The zero-order valence-corrected chi connectivity index (χ0v) is 14.6. The molecule has 2 aromatic rings. The summed E-state index contributed by atoms with van der Waals surface area (Å²) in [6.07, 6.45) is -3.95. The monoisotopic (exact) mass is 385 g/mol. The minimum Gasteiger partial charge on any atom is -0.341 e. The van der Waals surface area contributed by atoms with Gasteiger partial charge in [0, 0.05) is 18.5 Å². The van der Waals surface area contributed by atoms with Gasteiger partial charge in [-0.2, -0.15) is 17.5 Å². The highest BCUT2D eigenvalue weighted by atomic mass is 32.2. The van der Waals surface area contributed by atoms with E-state index >= 15 is 0 Å². The minimum atomic E-state index is -4.30. The fourth-order valence-corrected chi connectivity index (χ4v) is 5.26. The number of aromatic amines is 1. The average molecular weight is 385 g/mol.